The summed E-state index contributed by atoms with van der Waals surface area (Å²) in [5.74, 6) is -0.319. The van der Waals surface area contributed by atoms with Gasteiger partial charge < -0.3 is 0 Å². The molecule has 4 rings (SSSR count). The van der Waals surface area contributed by atoms with Gasteiger partial charge in [-0.15, -0.1) is 11.3 Å². The predicted molar refractivity (Wildman–Crippen MR) is 132 cm³/mol. The van der Waals surface area contributed by atoms with Gasteiger partial charge in [-0.05, 0) is 71.1 Å². The van der Waals surface area contributed by atoms with Gasteiger partial charge in [0, 0.05) is 25.8 Å². The van der Waals surface area contributed by atoms with Crippen LogP contribution in [0.2, 0.25) is 0 Å². The minimum atomic E-state index is -3.68. The number of benzene rings is 3. The van der Waals surface area contributed by atoms with Gasteiger partial charge in [0.1, 0.15) is 0 Å². The molecule has 0 aliphatic heterocycles. The summed E-state index contributed by atoms with van der Waals surface area (Å²) in [6, 6.07) is 22.3. The number of nitrogens with one attached hydrogen (secondary N) is 2. The molecule has 3 aromatic carbocycles. The van der Waals surface area contributed by atoms with E-state index >= 15 is 0 Å². The topological polar surface area (TPSA) is 88.2 Å². The van der Waals surface area contributed by atoms with Gasteiger partial charge in [0.2, 0.25) is 0 Å². The fourth-order valence-corrected chi connectivity index (χ4v) is 4.91. The number of carbonyl (C=O) groups excluding carboxylic acids is 1. The number of rotatable bonds is 6. The van der Waals surface area contributed by atoms with Crippen LogP contribution in [0.25, 0.3) is 11.3 Å². The van der Waals surface area contributed by atoms with Gasteiger partial charge >= 0.3 is 0 Å². The molecule has 156 valence electrons. The van der Waals surface area contributed by atoms with E-state index in [1.165, 1.54) is 23.5 Å². The van der Waals surface area contributed by atoms with Crippen molar-refractivity contribution in [1.29, 1.82) is 0 Å². The van der Waals surface area contributed by atoms with Crippen molar-refractivity contribution in [3.8, 4) is 11.3 Å². The van der Waals surface area contributed by atoms with Crippen LogP contribution in [0.4, 0.5) is 10.8 Å². The number of amides is 1. The van der Waals surface area contributed by atoms with Crippen molar-refractivity contribution in [2.24, 2.45) is 0 Å². The summed E-state index contributed by atoms with van der Waals surface area (Å²) in [5.41, 5.74) is 2.54. The molecular formula is C22H16IN3O3S2. The van der Waals surface area contributed by atoms with E-state index in [9.17, 15) is 13.2 Å². The Labute approximate surface area is 197 Å². The van der Waals surface area contributed by atoms with Crippen molar-refractivity contribution in [1.82, 2.24) is 4.98 Å². The second-order valence-corrected chi connectivity index (χ2v) is 10.3. The Kier molecular flexibility index (Phi) is 6.35. The number of thiazole rings is 1. The summed E-state index contributed by atoms with van der Waals surface area (Å²) < 4.78 is 28.4. The summed E-state index contributed by atoms with van der Waals surface area (Å²) in [6.45, 7) is 0. The molecule has 4 aromatic rings. The molecule has 0 fully saturated rings. The Morgan fingerprint density at radius 1 is 0.903 bits per heavy atom. The monoisotopic (exact) mass is 561 g/mol. The van der Waals surface area contributed by atoms with E-state index < -0.39 is 10.0 Å². The highest BCUT2D eigenvalue weighted by atomic mass is 127. The average molecular weight is 561 g/mol. The van der Waals surface area contributed by atoms with Crippen molar-refractivity contribution in [3.63, 3.8) is 0 Å². The molecule has 0 unspecified atom stereocenters. The maximum Gasteiger partial charge on any atom is 0.261 e. The molecule has 0 aliphatic rings. The highest BCUT2D eigenvalue weighted by Crippen LogP contribution is 2.26. The number of halogens is 1. The third kappa shape index (κ3) is 5.30. The van der Waals surface area contributed by atoms with E-state index in [-0.39, 0.29) is 10.8 Å². The van der Waals surface area contributed by atoms with Gasteiger partial charge in [0.15, 0.2) is 5.13 Å². The maximum absolute atomic E-state index is 12.5. The third-order valence-corrected chi connectivity index (χ3v) is 7.19. The molecule has 0 saturated carbocycles. The Morgan fingerprint density at radius 2 is 1.58 bits per heavy atom. The smallest absolute Gasteiger partial charge is 0.261 e. The Bertz CT molecular complexity index is 1300. The molecule has 1 aromatic heterocycles. The van der Waals surface area contributed by atoms with Gasteiger partial charge in [-0.2, -0.15) is 0 Å². The van der Waals surface area contributed by atoms with Crippen LogP contribution in [-0.2, 0) is 10.0 Å². The maximum atomic E-state index is 12.5. The van der Waals surface area contributed by atoms with Gasteiger partial charge in [-0.25, -0.2) is 13.4 Å². The molecule has 2 N–H and O–H groups in total. The minimum Gasteiger partial charge on any atom is -0.298 e. The van der Waals surface area contributed by atoms with Crippen molar-refractivity contribution < 1.29 is 13.2 Å². The average Bonchev–Trinajstić information content (AvgIpc) is 3.23. The van der Waals surface area contributed by atoms with Crippen LogP contribution >= 0.6 is 33.9 Å². The molecule has 0 atom stereocenters. The molecule has 1 amide bonds. The number of hydrogen-bond acceptors (Lipinski definition) is 5. The molecular weight excluding hydrogens is 545 g/mol. The Hall–Kier alpha value is -2.76. The van der Waals surface area contributed by atoms with Crippen molar-refractivity contribution in [2.45, 2.75) is 4.90 Å². The number of aromatic nitrogens is 1. The fourth-order valence-electron chi connectivity index (χ4n) is 2.76. The Morgan fingerprint density at radius 3 is 2.26 bits per heavy atom. The zero-order valence-electron chi connectivity index (χ0n) is 15.9. The summed E-state index contributed by atoms with van der Waals surface area (Å²) in [7, 11) is -3.68. The van der Waals surface area contributed by atoms with Crippen LogP contribution in [0, 0.1) is 3.57 Å². The van der Waals surface area contributed by atoms with Crippen LogP contribution in [0.5, 0.6) is 0 Å². The molecule has 0 bridgehead atoms. The first-order valence-corrected chi connectivity index (χ1v) is 12.6. The number of sulfonamides is 1. The van der Waals surface area contributed by atoms with E-state index in [1.54, 1.807) is 42.5 Å². The lowest BCUT2D eigenvalue weighted by atomic mass is 10.2. The van der Waals surface area contributed by atoms with Crippen LogP contribution in [0.1, 0.15) is 10.4 Å². The molecule has 0 saturated heterocycles. The number of hydrogen-bond donors (Lipinski definition) is 2. The van der Waals surface area contributed by atoms with Gasteiger partial charge in [-0.1, -0.05) is 30.3 Å². The highest BCUT2D eigenvalue weighted by molar-refractivity contribution is 14.1. The van der Waals surface area contributed by atoms with Crippen molar-refractivity contribution in [2.75, 3.05) is 10.0 Å². The summed E-state index contributed by atoms with van der Waals surface area (Å²) in [6.07, 6.45) is 0. The molecule has 31 heavy (non-hydrogen) atoms. The second-order valence-electron chi connectivity index (χ2n) is 6.49. The van der Waals surface area contributed by atoms with Crippen LogP contribution in [-0.4, -0.2) is 19.3 Å². The standard InChI is InChI=1S/C22H16IN3O3S2/c23-17-10-6-15(7-11-17)20-14-30-22(24-20)25-21(27)16-8-12-18(13-9-16)26-31(28,29)19-4-2-1-3-5-19/h1-14,26H,(H,24,25,27). The first kappa shape index (κ1) is 21.5. The lowest BCUT2D eigenvalue weighted by Gasteiger charge is -2.08. The summed E-state index contributed by atoms with van der Waals surface area (Å²) >= 11 is 3.59. The van der Waals surface area contributed by atoms with E-state index in [2.05, 4.69) is 37.6 Å². The quantitative estimate of drug-likeness (QED) is 0.306. The molecule has 0 spiro atoms. The zero-order chi connectivity index (χ0) is 21.8. The molecule has 0 aliphatic carbocycles. The van der Waals surface area contributed by atoms with Gasteiger partial charge in [0.05, 0.1) is 10.6 Å². The molecule has 6 nitrogen and oxygen atoms in total. The number of carbonyl (C=O) groups is 1. The summed E-state index contributed by atoms with van der Waals surface area (Å²) in [5, 5.41) is 5.16. The first-order valence-electron chi connectivity index (χ1n) is 9.11. The highest BCUT2D eigenvalue weighted by Gasteiger charge is 2.14. The van der Waals surface area contributed by atoms with E-state index in [4.69, 9.17) is 0 Å². The molecule has 0 radical (unpaired) electrons. The molecule has 9 heteroatoms. The van der Waals surface area contributed by atoms with Crippen LogP contribution in [0.3, 0.4) is 0 Å². The van der Waals surface area contributed by atoms with Crippen molar-refractivity contribution >= 4 is 60.7 Å². The zero-order valence-corrected chi connectivity index (χ0v) is 19.7. The predicted octanol–water partition coefficient (Wildman–Crippen LogP) is 5.47. The number of nitrogens with zero attached hydrogens (tertiary/aromatic N) is 1. The fraction of sp³-hybridized carbons (Fsp3) is 0. The summed E-state index contributed by atoms with van der Waals surface area (Å²) in [4.78, 5) is 17.2. The van der Waals surface area contributed by atoms with Crippen LogP contribution in [0.15, 0.2) is 89.1 Å². The first-order chi connectivity index (χ1) is 14.9. The SMILES string of the molecule is O=C(Nc1nc(-c2ccc(I)cc2)cs1)c1ccc(NS(=O)(=O)c2ccccc2)cc1. The largest absolute Gasteiger partial charge is 0.298 e. The third-order valence-electron chi connectivity index (χ3n) is 4.32. The lowest BCUT2D eigenvalue weighted by Crippen LogP contribution is -2.14. The minimum absolute atomic E-state index is 0.171. The lowest BCUT2D eigenvalue weighted by molar-refractivity contribution is 0.102. The number of anilines is 2. The normalized spacial score (nSPS) is 11.1. The van der Waals surface area contributed by atoms with E-state index in [1.807, 2.05) is 29.6 Å². The van der Waals surface area contributed by atoms with Crippen molar-refractivity contribution in [3.05, 3.63) is 93.4 Å². The van der Waals surface area contributed by atoms with E-state index in [0.717, 1.165) is 14.8 Å². The Balaban J connectivity index is 1.42. The van der Waals surface area contributed by atoms with Crippen LogP contribution < -0.4 is 10.0 Å². The van der Waals surface area contributed by atoms with Gasteiger partial charge in [-0.3, -0.25) is 14.8 Å². The van der Waals surface area contributed by atoms with E-state index in [0.29, 0.717) is 16.4 Å². The second kappa shape index (κ2) is 9.16. The van der Waals surface area contributed by atoms with Gasteiger partial charge in [0.25, 0.3) is 15.9 Å². The molecule has 1 heterocycles.